The zero-order valence-electron chi connectivity index (χ0n) is 14.1. The Hall–Kier alpha value is -2.69. The molecule has 1 atom stereocenters. The first-order valence-electron chi connectivity index (χ1n) is 7.78. The minimum Gasteiger partial charge on any atom is -0.459 e. The molecule has 26 heavy (non-hydrogen) atoms. The van der Waals surface area contributed by atoms with E-state index in [9.17, 15) is 18.0 Å². The molecule has 1 aromatic heterocycles. The smallest absolute Gasteiger partial charge is 0.287 e. The van der Waals surface area contributed by atoms with Crippen molar-refractivity contribution in [2.75, 3.05) is 18.4 Å². The van der Waals surface area contributed by atoms with Gasteiger partial charge in [-0.25, -0.2) is 13.1 Å². The maximum Gasteiger partial charge on any atom is 0.287 e. The Bertz CT molecular complexity index is 865. The molecule has 2 rings (SSSR count). The fourth-order valence-electron chi connectivity index (χ4n) is 2.01. The van der Waals surface area contributed by atoms with Gasteiger partial charge in [-0.2, -0.15) is 0 Å². The van der Waals surface area contributed by atoms with Gasteiger partial charge in [-0.1, -0.05) is 6.07 Å². The number of hydrogen-bond donors (Lipinski definition) is 4. The van der Waals surface area contributed by atoms with Gasteiger partial charge < -0.3 is 20.8 Å². The zero-order valence-corrected chi connectivity index (χ0v) is 14.9. The molecule has 0 saturated heterocycles. The van der Waals surface area contributed by atoms with E-state index in [1.165, 1.54) is 37.5 Å². The van der Waals surface area contributed by atoms with Crippen LogP contribution in [-0.2, 0) is 14.8 Å². The van der Waals surface area contributed by atoms with Gasteiger partial charge in [0.05, 0.1) is 11.2 Å². The molecule has 0 fully saturated rings. The number of nitrogens with two attached hydrogens (primary N) is 1. The van der Waals surface area contributed by atoms with E-state index in [0.717, 1.165) is 0 Å². The van der Waals surface area contributed by atoms with E-state index in [1.807, 2.05) is 0 Å². The van der Waals surface area contributed by atoms with Crippen LogP contribution in [0.3, 0.4) is 0 Å². The molecule has 1 aromatic carbocycles. The van der Waals surface area contributed by atoms with Gasteiger partial charge in [0.2, 0.25) is 15.9 Å². The van der Waals surface area contributed by atoms with E-state index in [2.05, 4.69) is 15.4 Å². The number of amides is 2. The summed E-state index contributed by atoms with van der Waals surface area (Å²) in [4.78, 5) is 24.1. The van der Waals surface area contributed by atoms with Gasteiger partial charge in [0.25, 0.3) is 5.91 Å². The van der Waals surface area contributed by atoms with E-state index in [1.54, 1.807) is 12.1 Å². The first-order valence-corrected chi connectivity index (χ1v) is 9.27. The fraction of sp³-hybridized carbons (Fsp3) is 0.250. The van der Waals surface area contributed by atoms with Gasteiger partial charge in [0.15, 0.2) is 5.76 Å². The lowest BCUT2D eigenvalue weighted by Crippen LogP contribution is -2.41. The minimum atomic E-state index is -3.71. The number of benzene rings is 1. The number of nitrogens with one attached hydrogen (secondary N) is 3. The van der Waals surface area contributed by atoms with Crippen molar-refractivity contribution in [1.82, 2.24) is 10.0 Å². The highest BCUT2D eigenvalue weighted by Crippen LogP contribution is 2.15. The number of sulfonamides is 1. The second-order valence-electron chi connectivity index (χ2n) is 5.38. The molecule has 0 aliphatic carbocycles. The number of carbonyl (C=O) groups excluding carboxylic acids is 2. The van der Waals surface area contributed by atoms with Crippen molar-refractivity contribution in [1.29, 1.82) is 0 Å². The molecular weight excluding hydrogens is 360 g/mol. The third-order valence-electron chi connectivity index (χ3n) is 3.33. The number of rotatable bonds is 8. The van der Waals surface area contributed by atoms with Crippen LogP contribution < -0.4 is 21.1 Å². The summed E-state index contributed by atoms with van der Waals surface area (Å²) in [7, 11) is -3.71. The monoisotopic (exact) mass is 380 g/mol. The van der Waals surface area contributed by atoms with Crippen molar-refractivity contribution in [3.05, 3.63) is 48.4 Å². The molecule has 2 amide bonds. The molecule has 10 heteroatoms. The molecule has 2 aromatic rings. The van der Waals surface area contributed by atoms with E-state index < -0.39 is 27.9 Å². The number of anilines is 1. The van der Waals surface area contributed by atoms with E-state index in [4.69, 9.17) is 10.2 Å². The van der Waals surface area contributed by atoms with E-state index in [-0.39, 0.29) is 29.4 Å². The van der Waals surface area contributed by atoms with Crippen LogP contribution in [0.4, 0.5) is 5.69 Å². The molecule has 5 N–H and O–H groups in total. The van der Waals surface area contributed by atoms with Gasteiger partial charge in [-0.05, 0) is 37.3 Å². The molecule has 0 bridgehead atoms. The lowest BCUT2D eigenvalue weighted by Gasteiger charge is -2.14. The highest BCUT2D eigenvalue weighted by atomic mass is 32.2. The number of hydrogen-bond acceptors (Lipinski definition) is 6. The quantitative estimate of drug-likeness (QED) is 0.518. The van der Waals surface area contributed by atoms with Gasteiger partial charge in [0.1, 0.15) is 6.04 Å². The third kappa shape index (κ3) is 5.15. The van der Waals surface area contributed by atoms with Crippen LogP contribution in [0.1, 0.15) is 17.5 Å². The highest BCUT2D eigenvalue weighted by molar-refractivity contribution is 7.89. The molecule has 9 nitrogen and oxygen atoms in total. The lowest BCUT2D eigenvalue weighted by atomic mass is 10.2. The molecule has 140 valence electrons. The second kappa shape index (κ2) is 8.61. The Kier molecular flexibility index (Phi) is 6.50. The van der Waals surface area contributed by atoms with Crippen molar-refractivity contribution in [2.24, 2.45) is 5.73 Å². The second-order valence-corrected chi connectivity index (χ2v) is 7.14. The average Bonchev–Trinajstić information content (AvgIpc) is 3.15. The summed E-state index contributed by atoms with van der Waals surface area (Å²) >= 11 is 0. The molecule has 0 saturated carbocycles. The van der Waals surface area contributed by atoms with Gasteiger partial charge in [-0.15, -0.1) is 0 Å². The predicted molar refractivity (Wildman–Crippen MR) is 95.0 cm³/mol. The zero-order chi connectivity index (χ0) is 19.2. The van der Waals surface area contributed by atoms with Gasteiger partial charge >= 0.3 is 0 Å². The Labute approximate surface area is 151 Å². The van der Waals surface area contributed by atoms with E-state index in [0.29, 0.717) is 0 Å². The maximum atomic E-state index is 12.2. The number of furan rings is 1. The molecule has 0 radical (unpaired) electrons. The molecular formula is C16H20N4O5S. The summed E-state index contributed by atoms with van der Waals surface area (Å²) in [5, 5.41) is 5.05. The van der Waals surface area contributed by atoms with E-state index >= 15 is 0 Å². The van der Waals surface area contributed by atoms with Crippen LogP contribution in [0.15, 0.2) is 52.0 Å². The Balaban J connectivity index is 2.02. The molecule has 1 heterocycles. The SMILES string of the molecule is CC(NC(=O)c1ccco1)C(=O)Nc1cccc(S(=O)(=O)NCCN)c1. The standard InChI is InChI=1S/C16H20N4O5S/c1-11(19-16(22)14-6-3-9-25-14)15(21)20-12-4-2-5-13(10-12)26(23,24)18-8-7-17/h2-6,9-11,18H,7-8,17H2,1H3,(H,19,22)(H,20,21). The van der Waals surface area contributed by atoms with Crippen LogP contribution in [0.25, 0.3) is 0 Å². The molecule has 0 aliphatic heterocycles. The first kappa shape index (κ1) is 19.6. The summed E-state index contributed by atoms with van der Waals surface area (Å²) in [5.41, 5.74) is 5.57. The van der Waals surface area contributed by atoms with Crippen LogP contribution in [0.5, 0.6) is 0 Å². The predicted octanol–water partition coefficient (Wildman–Crippen LogP) is 0.274. The average molecular weight is 380 g/mol. The summed E-state index contributed by atoms with van der Waals surface area (Å²) in [6.45, 7) is 1.77. The van der Waals surface area contributed by atoms with Crippen molar-refractivity contribution in [2.45, 2.75) is 17.9 Å². The summed E-state index contributed by atoms with van der Waals surface area (Å²) in [6.07, 6.45) is 1.35. The van der Waals surface area contributed by atoms with Crippen molar-refractivity contribution in [3.8, 4) is 0 Å². The van der Waals surface area contributed by atoms with Gasteiger partial charge in [-0.3, -0.25) is 9.59 Å². The Morgan fingerprint density at radius 3 is 2.65 bits per heavy atom. The van der Waals surface area contributed by atoms with Crippen molar-refractivity contribution >= 4 is 27.5 Å². The lowest BCUT2D eigenvalue weighted by molar-refractivity contribution is -0.117. The summed E-state index contributed by atoms with van der Waals surface area (Å²) < 4.78 is 31.5. The summed E-state index contributed by atoms with van der Waals surface area (Å²) in [6, 6.07) is 7.93. The number of carbonyl (C=O) groups is 2. The molecule has 1 unspecified atom stereocenters. The fourth-order valence-corrected chi connectivity index (χ4v) is 3.10. The van der Waals surface area contributed by atoms with Crippen LogP contribution in [-0.4, -0.2) is 39.4 Å². The largest absolute Gasteiger partial charge is 0.459 e. The normalized spacial score (nSPS) is 12.4. The Morgan fingerprint density at radius 2 is 2.00 bits per heavy atom. The third-order valence-corrected chi connectivity index (χ3v) is 4.79. The molecule has 0 spiro atoms. The first-order chi connectivity index (χ1) is 12.3. The van der Waals surface area contributed by atoms with Crippen LogP contribution >= 0.6 is 0 Å². The maximum absolute atomic E-state index is 12.2. The topological polar surface area (TPSA) is 144 Å². The highest BCUT2D eigenvalue weighted by Gasteiger charge is 2.19. The van der Waals surface area contributed by atoms with Crippen molar-refractivity contribution in [3.63, 3.8) is 0 Å². The van der Waals surface area contributed by atoms with Crippen LogP contribution in [0, 0.1) is 0 Å². The minimum absolute atomic E-state index is 0.00368. The Morgan fingerprint density at radius 1 is 1.23 bits per heavy atom. The summed E-state index contributed by atoms with van der Waals surface area (Å²) in [5.74, 6) is -0.946. The van der Waals surface area contributed by atoms with Crippen LogP contribution in [0.2, 0.25) is 0 Å². The molecule has 0 aliphatic rings. The van der Waals surface area contributed by atoms with Gasteiger partial charge in [0, 0.05) is 18.8 Å². The van der Waals surface area contributed by atoms with Crippen molar-refractivity contribution < 1.29 is 22.4 Å².